The molecule has 0 saturated carbocycles. The highest BCUT2D eigenvalue weighted by atomic mass is 32.1. The molecule has 1 atom stereocenters. The first-order valence-electron chi connectivity index (χ1n) is 7.49. The van der Waals surface area contributed by atoms with E-state index in [0.717, 1.165) is 37.3 Å². The number of hydrogen-bond acceptors (Lipinski definition) is 5. The van der Waals surface area contributed by atoms with Crippen LogP contribution in [0.3, 0.4) is 0 Å². The Balaban J connectivity index is 1.69. The number of fused-ring (bicyclic) bond motifs is 1. The molecule has 116 valence electrons. The van der Waals surface area contributed by atoms with E-state index in [-0.39, 0.29) is 5.91 Å². The van der Waals surface area contributed by atoms with Gasteiger partial charge in [0, 0.05) is 24.4 Å². The summed E-state index contributed by atoms with van der Waals surface area (Å²) in [5, 5.41) is 3.51. The van der Waals surface area contributed by atoms with Crippen LogP contribution in [0.25, 0.3) is 0 Å². The molecule has 0 radical (unpaired) electrons. The molecule has 1 aromatic heterocycles. The topological polar surface area (TPSA) is 71.2 Å². The molecule has 0 aliphatic carbocycles. The van der Waals surface area contributed by atoms with E-state index in [1.54, 1.807) is 11.3 Å². The summed E-state index contributed by atoms with van der Waals surface area (Å²) in [4.78, 5) is 20.4. The van der Waals surface area contributed by atoms with Gasteiger partial charge in [0.1, 0.15) is 6.04 Å². The second kappa shape index (κ2) is 6.56. The van der Waals surface area contributed by atoms with Crippen LogP contribution < -0.4 is 11.1 Å². The summed E-state index contributed by atoms with van der Waals surface area (Å²) in [5.74, 6) is -0.218. The molecule has 3 rings (SSSR count). The molecule has 1 unspecified atom stereocenters. The molecule has 1 aliphatic rings. The molecule has 1 aromatic carbocycles. The molecule has 1 aliphatic heterocycles. The normalized spacial score (nSPS) is 16.1. The van der Waals surface area contributed by atoms with Crippen LogP contribution in [0.2, 0.25) is 0 Å². The summed E-state index contributed by atoms with van der Waals surface area (Å²) in [5.41, 5.74) is 7.92. The van der Waals surface area contributed by atoms with Gasteiger partial charge in [-0.15, -0.1) is 11.3 Å². The fourth-order valence-electron chi connectivity index (χ4n) is 2.57. The van der Waals surface area contributed by atoms with E-state index in [0.29, 0.717) is 5.13 Å². The average Bonchev–Trinajstić information content (AvgIpc) is 2.95. The number of aromatic nitrogens is 1. The lowest BCUT2D eigenvalue weighted by Gasteiger charge is -2.23. The molecule has 6 heteroatoms. The Kier molecular flexibility index (Phi) is 4.52. The van der Waals surface area contributed by atoms with Crippen molar-refractivity contribution < 1.29 is 4.79 Å². The number of rotatable bonds is 4. The SMILES string of the molecule is CCN1CCc2nc(NC(=O)C(N)c3ccccc3)sc2C1. The number of hydrogen-bond donors (Lipinski definition) is 2. The van der Waals surface area contributed by atoms with E-state index in [2.05, 4.69) is 22.1 Å². The Morgan fingerprint density at radius 3 is 2.95 bits per heavy atom. The number of thiazole rings is 1. The van der Waals surface area contributed by atoms with Crippen LogP contribution in [0.1, 0.15) is 29.1 Å². The van der Waals surface area contributed by atoms with Crippen molar-refractivity contribution in [3.8, 4) is 0 Å². The van der Waals surface area contributed by atoms with Crippen LogP contribution in [0.5, 0.6) is 0 Å². The second-order valence-corrected chi connectivity index (χ2v) is 6.47. The summed E-state index contributed by atoms with van der Waals surface area (Å²) in [6.45, 7) is 5.15. The van der Waals surface area contributed by atoms with Gasteiger partial charge in [0.25, 0.3) is 0 Å². The number of likely N-dealkylation sites (N-methyl/N-ethyl adjacent to an activating group) is 1. The molecule has 3 N–H and O–H groups in total. The maximum Gasteiger partial charge on any atom is 0.247 e. The van der Waals surface area contributed by atoms with Crippen molar-refractivity contribution in [1.82, 2.24) is 9.88 Å². The van der Waals surface area contributed by atoms with Crippen LogP contribution >= 0.6 is 11.3 Å². The highest BCUT2D eigenvalue weighted by Gasteiger charge is 2.22. The lowest BCUT2D eigenvalue weighted by Crippen LogP contribution is -2.29. The summed E-state index contributed by atoms with van der Waals surface area (Å²) >= 11 is 1.56. The van der Waals surface area contributed by atoms with Crippen LogP contribution in [0.15, 0.2) is 30.3 Å². The Hall–Kier alpha value is -1.76. The van der Waals surface area contributed by atoms with E-state index in [4.69, 9.17) is 5.73 Å². The minimum absolute atomic E-state index is 0.218. The number of nitrogens with two attached hydrogens (primary N) is 1. The van der Waals surface area contributed by atoms with Gasteiger partial charge in [-0.1, -0.05) is 37.3 Å². The number of anilines is 1. The van der Waals surface area contributed by atoms with Gasteiger partial charge in [-0.2, -0.15) is 0 Å². The van der Waals surface area contributed by atoms with Gasteiger partial charge >= 0.3 is 0 Å². The lowest BCUT2D eigenvalue weighted by molar-refractivity contribution is -0.117. The second-order valence-electron chi connectivity index (χ2n) is 5.39. The predicted octanol–water partition coefficient (Wildman–Crippen LogP) is 2.16. The largest absolute Gasteiger partial charge is 0.316 e. The summed E-state index contributed by atoms with van der Waals surface area (Å²) in [7, 11) is 0. The zero-order valence-corrected chi connectivity index (χ0v) is 13.4. The number of amides is 1. The Morgan fingerprint density at radius 2 is 2.23 bits per heavy atom. The van der Waals surface area contributed by atoms with Crippen LogP contribution in [0, 0.1) is 0 Å². The van der Waals surface area contributed by atoms with Crippen LogP contribution in [0.4, 0.5) is 5.13 Å². The Morgan fingerprint density at radius 1 is 1.45 bits per heavy atom. The number of nitrogens with one attached hydrogen (secondary N) is 1. The summed E-state index contributed by atoms with van der Waals surface area (Å²) < 4.78 is 0. The number of carbonyl (C=O) groups excluding carboxylic acids is 1. The molecule has 0 saturated heterocycles. The predicted molar refractivity (Wildman–Crippen MR) is 88.8 cm³/mol. The molecule has 0 fully saturated rings. The molecule has 1 amide bonds. The smallest absolute Gasteiger partial charge is 0.247 e. The molecule has 0 spiro atoms. The fraction of sp³-hybridized carbons (Fsp3) is 0.375. The number of carbonyl (C=O) groups is 1. The van der Waals surface area contributed by atoms with E-state index in [1.165, 1.54) is 4.88 Å². The molecular weight excluding hydrogens is 296 g/mol. The average molecular weight is 316 g/mol. The van der Waals surface area contributed by atoms with Crippen LogP contribution in [-0.2, 0) is 17.8 Å². The standard InChI is InChI=1S/C16H20N4OS/c1-2-20-9-8-12-13(10-20)22-16(18-12)19-15(21)14(17)11-6-4-3-5-7-11/h3-7,14H,2,8-10,17H2,1H3,(H,18,19,21). The molecule has 2 aromatic rings. The van der Waals surface area contributed by atoms with E-state index in [1.807, 2.05) is 30.3 Å². The third-order valence-corrected chi connectivity index (χ3v) is 4.93. The van der Waals surface area contributed by atoms with E-state index >= 15 is 0 Å². The zero-order chi connectivity index (χ0) is 15.5. The third-order valence-electron chi connectivity index (χ3n) is 3.93. The Bertz CT molecular complexity index is 655. The van der Waals surface area contributed by atoms with Gasteiger partial charge < -0.3 is 11.1 Å². The minimum atomic E-state index is -0.672. The van der Waals surface area contributed by atoms with Crippen LogP contribution in [-0.4, -0.2) is 28.9 Å². The first-order chi connectivity index (χ1) is 10.7. The van der Waals surface area contributed by atoms with Gasteiger partial charge in [-0.25, -0.2) is 4.98 Å². The van der Waals surface area contributed by atoms with Gasteiger partial charge in [-0.05, 0) is 12.1 Å². The van der Waals surface area contributed by atoms with Crippen molar-refractivity contribution in [3.63, 3.8) is 0 Å². The quantitative estimate of drug-likeness (QED) is 0.907. The third kappa shape index (κ3) is 3.19. The fourth-order valence-corrected chi connectivity index (χ4v) is 3.62. The summed E-state index contributed by atoms with van der Waals surface area (Å²) in [6.07, 6.45) is 0.945. The Labute approximate surface area is 134 Å². The number of benzene rings is 1. The van der Waals surface area contributed by atoms with Gasteiger partial charge in [0.2, 0.25) is 5.91 Å². The summed E-state index contributed by atoms with van der Waals surface area (Å²) in [6, 6.07) is 8.71. The number of nitrogens with zero attached hydrogens (tertiary/aromatic N) is 2. The van der Waals surface area contributed by atoms with E-state index in [9.17, 15) is 4.79 Å². The highest BCUT2D eigenvalue weighted by Crippen LogP contribution is 2.28. The van der Waals surface area contributed by atoms with Gasteiger partial charge in [-0.3, -0.25) is 9.69 Å². The van der Waals surface area contributed by atoms with Gasteiger partial charge in [0.05, 0.1) is 5.69 Å². The first kappa shape index (κ1) is 15.1. The van der Waals surface area contributed by atoms with Crippen molar-refractivity contribution in [2.75, 3.05) is 18.4 Å². The van der Waals surface area contributed by atoms with E-state index < -0.39 is 6.04 Å². The minimum Gasteiger partial charge on any atom is -0.316 e. The first-order valence-corrected chi connectivity index (χ1v) is 8.31. The molecular formula is C16H20N4OS. The molecule has 2 heterocycles. The molecule has 0 bridgehead atoms. The van der Waals surface area contributed by atoms with Crippen molar-refractivity contribution in [2.24, 2.45) is 5.73 Å². The van der Waals surface area contributed by atoms with Crippen molar-refractivity contribution in [2.45, 2.75) is 25.9 Å². The van der Waals surface area contributed by atoms with Crippen molar-refractivity contribution in [1.29, 1.82) is 0 Å². The maximum absolute atomic E-state index is 12.3. The maximum atomic E-state index is 12.3. The lowest BCUT2D eigenvalue weighted by atomic mass is 10.1. The molecule has 22 heavy (non-hydrogen) atoms. The van der Waals surface area contributed by atoms with Crippen molar-refractivity contribution in [3.05, 3.63) is 46.5 Å². The molecule has 5 nitrogen and oxygen atoms in total. The highest BCUT2D eigenvalue weighted by molar-refractivity contribution is 7.15. The van der Waals surface area contributed by atoms with Crippen molar-refractivity contribution >= 4 is 22.4 Å². The van der Waals surface area contributed by atoms with Gasteiger partial charge in [0.15, 0.2) is 5.13 Å². The zero-order valence-electron chi connectivity index (χ0n) is 12.6. The monoisotopic (exact) mass is 316 g/mol.